The van der Waals surface area contributed by atoms with Gasteiger partial charge < -0.3 is 10.6 Å². The smallest absolute Gasteiger partial charge is 0.251 e. The maximum atomic E-state index is 13.5. The van der Waals surface area contributed by atoms with Crippen LogP contribution in [0.2, 0.25) is 0 Å². The van der Waals surface area contributed by atoms with Gasteiger partial charge in [0.1, 0.15) is 11.6 Å². The molecule has 2 N–H and O–H groups in total. The van der Waals surface area contributed by atoms with Gasteiger partial charge in [-0.3, -0.25) is 4.79 Å². The Hall–Kier alpha value is -2.43. The second-order valence-electron chi connectivity index (χ2n) is 4.66. The van der Waals surface area contributed by atoms with Crippen LogP contribution in [0.4, 0.5) is 14.5 Å². The molecule has 0 saturated heterocycles. The third-order valence-electron chi connectivity index (χ3n) is 3.23. The van der Waals surface area contributed by atoms with Crippen LogP contribution in [0.1, 0.15) is 21.5 Å². The van der Waals surface area contributed by atoms with Gasteiger partial charge in [-0.1, -0.05) is 6.07 Å². The molecule has 0 unspecified atom stereocenters. The molecule has 2 rings (SSSR count). The zero-order chi connectivity index (χ0) is 15.4. The number of halogens is 2. The van der Waals surface area contributed by atoms with Gasteiger partial charge in [0, 0.05) is 30.4 Å². The lowest BCUT2D eigenvalue weighted by atomic mass is 10.1. The van der Waals surface area contributed by atoms with Crippen molar-refractivity contribution in [3.63, 3.8) is 0 Å². The largest absolute Gasteiger partial charge is 0.381 e. The first kappa shape index (κ1) is 15.0. The summed E-state index contributed by atoms with van der Waals surface area (Å²) in [5.74, 6) is -1.34. The molecule has 0 radical (unpaired) electrons. The van der Waals surface area contributed by atoms with Crippen molar-refractivity contribution in [3.05, 3.63) is 64.7 Å². The molecule has 0 heterocycles. The third-order valence-corrected chi connectivity index (χ3v) is 3.23. The quantitative estimate of drug-likeness (QED) is 0.907. The number of benzene rings is 2. The van der Waals surface area contributed by atoms with Crippen LogP contribution >= 0.6 is 0 Å². The van der Waals surface area contributed by atoms with Gasteiger partial charge in [-0.25, -0.2) is 8.78 Å². The molecule has 0 aliphatic rings. The van der Waals surface area contributed by atoms with Gasteiger partial charge in [-0.15, -0.1) is 0 Å². The van der Waals surface area contributed by atoms with Crippen molar-refractivity contribution in [2.24, 2.45) is 0 Å². The summed E-state index contributed by atoms with van der Waals surface area (Å²) >= 11 is 0. The minimum Gasteiger partial charge on any atom is -0.381 e. The number of carbonyl (C=O) groups is 1. The zero-order valence-corrected chi connectivity index (χ0v) is 11.8. The Bertz CT molecular complexity index is 651. The number of hydrogen-bond donors (Lipinski definition) is 2. The second kappa shape index (κ2) is 6.35. The molecule has 21 heavy (non-hydrogen) atoms. The lowest BCUT2D eigenvalue weighted by Gasteiger charge is -2.12. The number of hydrogen-bond acceptors (Lipinski definition) is 2. The van der Waals surface area contributed by atoms with Crippen LogP contribution in [0.5, 0.6) is 0 Å². The predicted molar refractivity (Wildman–Crippen MR) is 78.3 cm³/mol. The highest BCUT2D eigenvalue weighted by atomic mass is 19.1. The van der Waals surface area contributed by atoms with E-state index in [1.165, 1.54) is 18.2 Å². The maximum absolute atomic E-state index is 13.5. The molecule has 0 bridgehead atoms. The summed E-state index contributed by atoms with van der Waals surface area (Å²) in [6.45, 7) is 1.87. The fraction of sp³-hybridized carbons (Fsp3) is 0.188. The topological polar surface area (TPSA) is 41.1 Å². The number of amides is 1. The Morgan fingerprint density at radius 3 is 2.38 bits per heavy atom. The van der Waals surface area contributed by atoms with Gasteiger partial charge in [0.2, 0.25) is 0 Å². The summed E-state index contributed by atoms with van der Waals surface area (Å²) in [5.41, 5.74) is 2.09. The van der Waals surface area contributed by atoms with Crippen molar-refractivity contribution < 1.29 is 13.6 Å². The average molecular weight is 290 g/mol. The predicted octanol–water partition coefficient (Wildman–Crippen LogP) is 3.24. The van der Waals surface area contributed by atoms with Gasteiger partial charge in [-0.05, 0) is 42.8 Å². The average Bonchev–Trinajstić information content (AvgIpc) is 2.47. The first-order chi connectivity index (χ1) is 10.0. The molecule has 3 nitrogen and oxygen atoms in total. The van der Waals surface area contributed by atoms with Crippen LogP contribution < -0.4 is 10.6 Å². The van der Waals surface area contributed by atoms with E-state index in [1.807, 2.05) is 6.92 Å². The summed E-state index contributed by atoms with van der Waals surface area (Å²) in [4.78, 5) is 11.5. The minimum absolute atomic E-state index is 0.00715. The Kier molecular flexibility index (Phi) is 4.52. The maximum Gasteiger partial charge on any atom is 0.251 e. The van der Waals surface area contributed by atoms with Crippen LogP contribution in [0.3, 0.4) is 0 Å². The van der Waals surface area contributed by atoms with Crippen LogP contribution in [-0.4, -0.2) is 13.0 Å². The van der Waals surface area contributed by atoms with E-state index in [-0.39, 0.29) is 18.0 Å². The minimum atomic E-state index is -0.581. The summed E-state index contributed by atoms with van der Waals surface area (Å²) in [6.07, 6.45) is 0. The summed E-state index contributed by atoms with van der Waals surface area (Å²) in [6, 6.07) is 8.88. The second-order valence-corrected chi connectivity index (χ2v) is 4.66. The third kappa shape index (κ3) is 3.37. The molecule has 0 fully saturated rings. The lowest BCUT2D eigenvalue weighted by molar-refractivity contribution is 0.0963. The van der Waals surface area contributed by atoms with Gasteiger partial charge in [-0.2, -0.15) is 0 Å². The Morgan fingerprint density at radius 1 is 1.14 bits per heavy atom. The number of aryl methyl sites for hydroxylation is 1. The SMILES string of the molecule is CNC(=O)c1ccc(NCc2c(F)cccc2F)c(C)c1. The van der Waals surface area contributed by atoms with Crippen LogP contribution in [0, 0.1) is 18.6 Å². The molecular formula is C16H16F2N2O. The molecule has 1 amide bonds. The van der Waals surface area contributed by atoms with E-state index < -0.39 is 11.6 Å². The zero-order valence-electron chi connectivity index (χ0n) is 11.8. The molecule has 5 heteroatoms. The molecular weight excluding hydrogens is 274 g/mol. The van der Waals surface area contributed by atoms with Crippen LogP contribution in [-0.2, 0) is 6.54 Å². The normalized spacial score (nSPS) is 10.3. The van der Waals surface area contributed by atoms with Crippen LogP contribution in [0.15, 0.2) is 36.4 Å². The van der Waals surface area contributed by atoms with Crippen molar-refractivity contribution >= 4 is 11.6 Å². The molecule has 0 aliphatic heterocycles. The van der Waals surface area contributed by atoms with E-state index in [0.29, 0.717) is 5.56 Å². The molecule has 0 aliphatic carbocycles. The van der Waals surface area contributed by atoms with Crippen molar-refractivity contribution in [1.29, 1.82) is 0 Å². The van der Waals surface area contributed by atoms with E-state index in [0.717, 1.165) is 11.3 Å². The van der Waals surface area contributed by atoms with Gasteiger partial charge >= 0.3 is 0 Å². The van der Waals surface area contributed by atoms with E-state index >= 15 is 0 Å². The Labute approximate surface area is 122 Å². The highest BCUT2D eigenvalue weighted by molar-refractivity contribution is 5.94. The van der Waals surface area contributed by atoms with Crippen LogP contribution in [0.25, 0.3) is 0 Å². The van der Waals surface area contributed by atoms with Gasteiger partial charge in [0.15, 0.2) is 0 Å². The number of nitrogens with one attached hydrogen (secondary N) is 2. The number of carbonyl (C=O) groups excluding carboxylic acids is 1. The van der Waals surface area contributed by atoms with E-state index in [9.17, 15) is 13.6 Å². The first-order valence-corrected chi connectivity index (χ1v) is 6.52. The number of anilines is 1. The fourth-order valence-electron chi connectivity index (χ4n) is 2.03. The first-order valence-electron chi connectivity index (χ1n) is 6.52. The molecule has 2 aromatic carbocycles. The highest BCUT2D eigenvalue weighted by Gasteiger charge is 2.09. The summed E-state index contributed by atoms with van der Waals surface area (Å²) in [5, 5.41) is 5.53. The fourth-order valence-corrected chi connectivity index (χ4v) is 2.03. The molecule has 0 atom stereocenters. The van der Waals surface area contributed by atoms with Crippen molar-refractivity contribution in [2.75, 3.05) is 12.4 Å². The number of rotatable bonds is 4. The lowest BCUT2D eigenvalue weighted by Crippen LogP contribution is -2.18. The monoisotopic (exact) mass is 290 g/mol. The standard InChI is InChI=1S/C16H16F2N2O/c1-10-8-11(16(21)19-2)6-7-15(10)20-9-12-13(17)4-3-5-14(12)18/h3-8,20H,9H2,1-2H3,(H,19,21). The highest BCUT2D eigenvalue weighted by Crippen LogP contribution is 2.19. The molecule has 2 aromatic rings. The van der Waals surface area contributed by atoms with Crippen molar-refractivity contribution in [3.8, 4) is 0 Å². The van der Waals surface area contributed by atoms with E-state index in [1.54, 1.807) is 25.2 Å². The molecule has 0 spiro atoms. The molecule has 0 aromatic heterocycles. The molecule has 0 saturated carbocycles. The van der Waals surface area contributed by atoms with Gasteiger partial charge in [0.05, 0.1) is 0 Å². The summed E-state index contributed by atoms with van der Waals surface area (Å²) < 4.78 is 27.1. The summed E-state index contributed by atoms with van der Waals surface area (Å²) in [7, 11) is 1.56. The Morgan fingerprint density at radius 2 is 1.81 bits per heavy atom. The van der Waals surface area contributed by atoms with E-state index in [2.05, 4.69) is 10.6 Å². The van der Waals surface area contributed by atoms with Crippen molar-refractivity contribution in [2.45, 2.75) is 13.5 Å². The Balaban J connectivity index is 2.16. The van der Waals surface area contributed by atoms with Crippen molar-refractivity contribution in [1.82, 2.24) is 5.32 Å². The van der Waals surface area contributed by atoms with Gasteiger partial charge in [0.25, 0.3) is 5.91 Å². The molecule has 110 valence electrons. The van der Waals surface area contributed by atoms with E-state index in [4.69, 9.17) is 0 Å².